The fraction of sp³-hybridized carbons (Fsp3) is 0.556. The van der Waals surface area contributed by atoms with E-state index in [1.807, 2.05) is 24.3 Å². The molecule has 0 bridgehead atoms. The van der Waals surface area contributed by atoms with Crippen LogP contribution in [0.15, 0.2) is 24.3 Å². The number of amides is 1. The molecule has 0 spiro atoms. The molecule has 0 saturated carbocycles. The van der Waals surface area contributed by atoms with Crippen LogP contribution < -0.4 is 10.1 Å². The Morgan fingerprint density at radius 2 is 2.24 bits per heavy atom. The highest BCUT2D eigenvalue weighted by atomic mass is 16.5. The molecule has 0 radical (unpaired) electrons. The van der Waals surface area contributed by atoms with Gasteiger partial charge in [-0.25, -0.2) is 4.79 Å². The van der Waals surface area contributed by atoms with E-state index in [-0.39, 0.29) is 12.5 Å². The number of carboxylic acids is 1. The molecule has 25 heavy (non-hydrogen) atoms. The average Bonchev–Trinajstić information content (AvgIpc) is 2.64. The molecule has 138 valence electrons. The van der Waals surface area contributed by atoms with E-state index in [0.29, 0.717) is 19.0 Å². The lowest BCUT2D eigenvalue weighted by Gasteiger charge is -2.28. The number of ether oxygens (including phenoxy) is 3. The third-order valence-electron chi connectivity index (χ3n) is 4.23. The normalized spacial score (nSPS) is 19.7. The summed E-state index contributed by atoms with van der Waals surface area (Å²) in [4.78, 5) is 23.8. The van der Waals surface area contributed by atoms with E-state index in [1.165, 1.54) is 0 Å². The molecule has 1 aliphatic heterocycles. The Balaban J connectivity index is 1.88. The van der Waals surface area contributed by atoms with Crippen molar-refractivity contribution in [3.63, 3.8) is 0 Å². The van der Waals surface area contributed by atoms with Gasteiger partial charge in [-0.15, -0.1) is 0 Å². The number of hydrogen-bond acceptors (Lipinski definition) is 5. The van der Waals surface area contributed by atoms with Crippen molar-refractivity contribution in [2.24, 2.45) is 5.92 Å². The molecular weight excluding hydrogens is 326 g/mol. The third-order valence-corrected chi connectivity index (χ3v) is 4.23. The lowest BCUT2D eigenvalue weighted by Crippen LogP contribution is -2.51. The van der Waals surface area contributed by atoms with Crippen LogP contribution in [0.25, 0.3) is 0 Å². The Hall–Kier alpha value is -2.12. The van der Waals surface area contributed by atoms with Gasteiger partial charge in [-0.1, -0.05) is 12.1 Å². The SMILES string of the molecule is COc1cccc(COC(C)C(=O)NC(C(=O)O)C2CCCOC2)c1. The first kappa shape index (κ1) is 19.2. The van der Waals surface area contributed by atoms with Crippen LogP contribution in [0.5, 0.6) is 5.75 Å². The molecule has 1 heterocycles. The molecule has 1 aliphatic rings. The second-order valence-electron chi connectivity index (χ2n) is 6.11. The predicted octanol–water partition coefficient (Wildman–Crippen LogP) is 1.60. The van der Waals surface area contributed by atoms with Gasteiger partial charge in [0.2, 0.25) is 5.91 Å². The summed E-state index contributed by atoms with van der Waals surface area (Å²) in [5, 5.41) is 12.0. The molecule has 7 heteroatoms. The maximum absolute atomic E-state index is 12.3. The summed E-state index contributed by atoms with van der Waals surface area (Å²) in [7, 11) is 1.58. The van der Waals surface area contributed by atoms with Crippen molar-refractivity contribution in [2.75, 3.05) is 20.3 Å². The van der Waals surface area contributed by atoms with Gasteiger partial charge in [-0.2, -0.15) is 0 Å². The van der Waals surface area contributed by atoms with Crippen LogP contribution in [0.1, 0.15) is 25.3 Å². The zero-order chi connectivity index (χ0) is 18.2. The Bertz CT molecular complexity index is 585. The largest absolute Gasteiger partial charge is 0.497 e. The number of carbonyl (C=O) groups is 2. The first-order valence-electron chi connectivity index (χ1n) is 8.36. The Kier molecular flexibility index (Phi) is 7.21. The van der Waals surface area contributed by atoms with Crippen LogP contribution in [0.2, 0.25) is 0 Å². The molecule has 1 fully saturated rings. The van der Waals surface area contributed by atoms with Crippen molar-refractivity contribution >= 4 is 11.9 Å². The maximum Gasteiger partial charge on any atom is 0.326 e. The number of aliphatic carboxylic acids is 1. The monoisotopic (exact) mass is 351 g/mol. The van der Waals surface area contributed by atoms with Crippen molar-refractivity contribution in [2.45, 2.75) is 38.5 Å². The Morgan fingerprint density at radius 3 is 2.88 bits per heavy atom. The van der Waals surface area contributed by atoms with Gasteiger partial charge >= 0.3 is 5.97 Å². The summed E-state index contributed by atoms with van der Waals surface area (Å²) < 4.78 is 16.0. The minimum absolute atomic E-state index is 0.221. The van der Waals surface area contributed by atoms with Gasteiger partial charge in [0.25, 0.3) is 0 Å². The van der Waals surface area contributed by atoms with E-state index in [9.17, 15) is 14.7 Å². The quantitative estimate of drug-likeness (QED) is 0.739. The number of nitrogens with one attached hydrogen (secondary N) is 1. The van der Waals surface area contributed by atoms with Crippen LogP contribution in [-0.2, 0) is 25.7 Å². The number of benzene rings is 1. The van der Waals surface area contributed by atoms with E-state index in [1.54, 1.807) is 14.0 Å². The van der Waals surface area contributed by atoms with Gasteiger partial charge in [0.05, 0.1) is 20.3 Å². The van der Waals surface area contributed by atoms with E-state index in [0.717, 1.165) is 18.4 Å². The van der Waals surface area contributed by atoms with Crippen molar-refractivity contribution in [3.8, 4) is 5.75 Å². The second kappa shape index (κ2) is 9.39. The number of hydrogen-bond donors (Lipinski definition) is 2. The number of rotatable bonds is 8. The molecule has 1 saturated heterocycles. The summed E-state index contributed by atoms with van der Waals surface area (Å²) in [5.41, 5.74) is 0.870. The van der Waals surface area contributed by atoms with Crippen molar-refractivity contribution in [3.05, 3.63) is 29.8 Å². The third kappa shape index (κ3) is 5.72. The van der Waals surface area contributed by atoms with Gasteiger partial charge < -0.3 is 24.6 Å². The first-order valence-corrected chi connectivity index (χ1v) is 8.36. The van der Waals surface area contributed by atoms with E-state index in [2.05, 4.69) is 5.32 Å². The topological polar surface area (TPSA) is 94.1 Å². The zero-order valence-electron chi connectivity index (χ0n) is 14.6. The van der Waals surface area contributed by atoms with Gasteiger partial charge in [-0.05, 0) is 37.5 Å². The van der Waals surface area contributed by atoms with Crippen LogP contribution in [-0.4, -0.2) is 49.5 Å². The molecule has 2 N–H and O–H groups in total. The molecule has 2 rings (SSSR count). The smallest absolute Gasteiger partial charge is 0.326 e. The van der Waals surface area contributed by atoms with Gasteiger partial charge in [0.15, 0.2) is 0 Å². The van der Waals surface area contributed by atoms with Crippen molar-refractivity contribution < 1.29 is 28.9 Å². The molecule has 1 aromatic carbocycles. The van der Waals surface area contributed by atoms with Crippen LogP contribution in [0, 0.1) is 5.92 Å². The summed E-state index contributed by atoms with van der Waals surface area (Å²) in [6.07, 6.45) is 0.750. The fourth-order valence-electron chi connectivity index (χ4n) is 2.74. The highest BCUT2D eigenvalue weighted by Crippen LogP contribution is 2.18. The first-order chi connectivity index (χ1) is 12.0. The van der Waals surface area contributed by atoms with E-state index in [4.69, 9.17) is 14.2 Å². The second-order valence-corrected chi connectivity index (χ2v) is 6.11. The fourth-order valence-corrected chi connectivity index (χ4v) is 2.74. The van der Waals surface area contributed by atoms with Crippen LogP contribution >= 0.6 is 0 Å². The van der Waals surface area contributed by atoms with Gasteiger partial charge in [-0.3, -0.25) is 4.79 Å². The van der Waals surface area contributed by atoms with Crippen molar-refractivity contribution in [1.29, 1.82) is 0 Å². The maximum atomic E-state index is 12.3. The minimum atomic E-state index is -1.05. The van der Waals surface area contributed by atoms with Gasteiger partial charge in [0.1, 0.15) is 17.9 Å². The van der Waals surface area contributed by atoms with E-state index < -0.39 is 24.0 Å². The Labute approximate surface area is 147 Å². The highest BCUT2D eigenvalue weighted by Gasteiger charge is 2.32. The average molecular weight is 351 g/mol. The van der Waals surface area contributed by atoms with Crippen LogP contribution in [0.4, 0.5) is 0 Å². The molecular formula is C18H25NO6. The van der Waals surface area contributed by atoms with E-state index >= 15 is 0 Å². The number of methoxy groups -OCH3 is 1. The summed E-state index contributed by atoms with van der Waals surface area (Å²) >= 11 is 0. The summed E-state index contributed by atoms with van der Waals surface area (Å²) in [5.74, 6) is -1.01. The molecule has 1 amide bonds. The molecule has 3 atom stereocenters. The molecule has 1 aromatic rings. The Morgan fingerprint density at radius 1 is 1.44 bits per heavy atom. The molecule has 0 aliphatic carbocycles. The predicted molar refractivity (Wildman–Crippen MR) is 90.4 cm³/mol. The lowest BCUT2D eigenvalue weighted by atomic mass is 9.93. The van der Waals surface area contributed by atoms with Crippen molar-refractivity contribution in [1.82, 2.24) is 5.32 Å². The minimum Gasteiger partial charge on any atom is -0.497 e. The molecule has 0 aromatic heterocycles. The van der Waals surface area contributed by atoms with Gasteiger partial charge in [0, 0.05) is 12.5 Å². The zero-order valence-corrected chi connectivity index (χ0v) is 14.6. The highest BCUT2D eigenvalue weighted by molar-refractivity contribution is 5.86. The summed E-state index contributed by atoms with van der Waals surface area (Å²) in [6.45, 7) is 2.81. The number of carbonyl (C=O) groups excluding carboxylic acids is 1. The summed E-state index contributed by atoms with van der Waals surface area (Å²) in [6, 6.07) is 6.39. The molecule has 7 nitrogen and oxygen atoms in total. The number of carboxylic acid groups (broad SMARTS) is 1. The lowest BCUT2D eigenvalue weighted by molar-refractivity contribution is -0.147. The molecule has 3 unspecified atom stereocenters. The van der Waals surface area contributed by atoms with Crippen LogP contribution in [0.3, 0.4) is 0 Å². The standard InChI is InChI=1S/C18H25NO6/c1-12(25-10-13-5-3-7-15(9-13)23-2)17(20)19-16(18(21)22)14-6-4-8-24-11-14/h3,5,7,9,12,14,16H,4,6,8,10-11H2,1-2H3,(H,19,20)(H,21,22).